The van der Waals surface area contributed by atoms with E-state index in [1.54, 1.807) is 18.2 Å². The van der Waals surface area contributed by atoms with Gasteiger partial charge in [0.15, 0.2) is 0 Å². The maximum atomic E-state index is 13.1. The van der Waals surface area contributed by atoms with Gasteiger partial charge in [0.05, 0.1) is 5.56 Å². The van der Waals surface area contributed by atoms with Crippen molar-refractivity contribution in [2.24, 2.45) is 5.73 Å². The second kappa shape index (κ2) is 5.15. The van der Waals surface area contributed by atoms with Gasteiger partial charge in [-0.2, -0.15) is 5.26 Å². The molecule has 14 heavy (non-hydrogen) atoms. The van der Waals surface area contributed by atoms with Crippen LogP contribution in [0.1, 0.15) is 17.5 Å². The summed E-state index contributed by atoms with van der Waals surface area (Å²) in [7, 11) is 0. The molecule has 0 fully saturated rings. The van der Waals surface area contributed by atoms with Crippen molar-refractivity contribution in [1.82, 2.24) is 0 Å². The molecule has 2 nitrogen and oxygen atoms in total. The first kappa shape index (κ1) is 10.4. The van der Waals surface area contributed by atoms with Crippen LogP contribution in [-0.2, 0) is 0 Å². The Morgan fingerprint density at radius 3 is 2.86 bits per heavy atom. The second-order valence-electron chi connectivity index (χ2n) is 2.83. The number of benzene rings is 1. The van der Waals surface area contributed by atoms with Crippen LogP contribution in [0.2, 0.25) is 0 Å². The molecule has 0 spiro atoms. The summed E-state index contributed by atoms with van der Waals surface area (Å²) < 4.78 is 13.1. The van der Waals surface area contributed by atoms with Crippen LogP contribution in [0.3, 0.4) is 0 Å². The summed E-state index contributed by atoms with van der Waals surface area (Å²) in [6.45, 7) is 0.579. The van der Waals surface area contributed by atoms with Crippen molar-refractivity contribution in [3.8, 4) is 6.07 Å². The molecule has 72 valence electrons. The number of nitriles is 1. The molecule has 0 aliphatic rings. The fourth-order valence-corrected chi connectivity index (χ4v) is 1.04. The highest BCUT2D eigenvalue weighted by Crippen LogP contribution is 2.10. The quantitative estimate of drug-likeness (QED) is 0.793. The molecule has 1 rings (SSSR count). The van der Waals surface area contributed by atoms with Crippen LogP contribution < -0.4 is 5.73 Å². The minimum absolute atomic E-state index is 0.0703. The van der Waals surface area contributed by atoms with E-state index >= 15 is 0 Å². The number of nitrogens with zero attached hydrogens (tertiary/aromatic N) is 1. The zero-order valence-corrected chi connectivity index (χ0v) is 7.70. The third kappa shape index (κ3) is 2.68. The van der Waals surface area contributed by atoms with Gasteiger partial charge in [0.1, 0.15) is 11.9 Å². The lowest BCUT2D eigenvalue weighted by atomic mass is 10.1. The van der Waals surface area contributed by atoms with Crippen LogP contribution in [0.15, 0.2) is 24.3 Å². The molecule has 0 saturated carbocycles. The summed E-state index contributed by atoms with van der Waals surface area (Å²) in [6.07, 6.45) is 4.43. The molecule has 0 aliphatic carbocycles. The first-order valence-corrected chi connectivity index (χ1v) is 4.34. The van der Waals surface area contributed by atoms with Gasteiger partial charge in [-0.1, -0.05) is 18.2 Å². The molecule has 1 aromatic carbocycles. The summed E-state index contributed by atoms with van der Waals surface area (Å²) in [5.41, 5.74) is 6.12. The number of hydrogen-bond acceptors (Lipinski definition) is 2. The summed E-state index contributed by atoms with van der Waals surface area (Å²) >= 11 is 0. The monoisotopic (exact) mass is 190 g/mol. The normalized spacial score (nSPS) is 10.4. The number of rotatable bonds is 3. The third-order valence-corrected chi connectivity index (χ3v) is 1.76. The van der Waals surface area contributed by atoms with Crippen molar-refractivity contribution < 1.29 is 4.39 Å². The third-order valence-electron chi connectivity index (χ3n) is 1.76. The van der Waals surface area contributed by atoms with Crippen molar-refractivity contribution >= 4 is 6.08 Å². The maximum Gasteiger partial charge on any atom is 0.141 e. The van der Waals surface area contributed by atoms with Crippen molar-refractivity contribution in [2.75, 3.05) is 6.54 Å². The molecule has 0 heterocycles. The number of nitrogens with two attached hydrogens (primary N) is 1. The van der Waals surface area contributed by atoms with Crippen LogP contribution in [0.4, 0.5) is 4.39 Å². The zero-order chi connectivity index (χ0) is 10.4. The second-order valence-corrected chi connectivity index (χ2v) is 2.83. The van der Waals surface area contributed by atoms with Crippen LogP contribution in [0.5, 0.6) is 0 Å². The molecule has 2 N–H and O–H groups in total. The van der Waals surface area contributed by atoms with Gasteiger partial charge in [-0.25, -0.2) is 4.39 Å². The molecule has 0 aliphatic heterocycles. The van der Waals surface area contributed by atoms with Gasteiger partial charge in [-0.3, -0.25) is 0 Å². The van der Waals surface area contributed by atoms with E-state index in [0.29, 0.717) is 6.54 Å². The molecular formula is C11H11FN2. The molecule has 0 amide bonds. The van der Waals surface area contributed by atoms with Gasteiger partial charge in [-0.05, 0) is 30.7 Å². The molecule has 0 bridgehead atoms. The maximum absolute atomic E-state index is 13.1. The van der Waals surface area contributed by atoms with E-state index in [-0.39, 0.29) is 5.56 Å². The predicted octanol–water partition coefficient (Wildman–Crippen LogP) is 2.06. The number of halogens is 1. The van der Waals surface area contributed by atoms with Crippen LogP contribution in [-0.4, -0.2) is 6.54 Å². The SMILES string of the molecule is N#Cc1ccc(C=CCCN)cc1F. The van der Waals surface area contributed by atoms with E-state index in [0.717, 1.165) is 12.0 Å². The Hall–Kier alpha value is -1.66. The summed E-state index contributed by atoms with van der Waals surface area (Å²) in [6, 6.07) is 6.28. The summed E-state index contributed by atoms with van der Waals surface area (Å²) in [5, 5.41) is 8.50. The van der Waals surface area contributed by atoms with Crippen molar-refractivity contribution in [3.63, 3.8) is 0 Å². The minimum atomic E-state index is -0.484. The molecule has 3 heteroatoms. The summed E-state index contributed by atoms with van der Waals surface area (Å²) in [5.74, 6) is -0.484. The van der Waals surface area contributed by atoms with Gasteiger partial charge >= 0.3 is 0 Å². The molecule has 0 atom stereocenters. The lowest BCUT2D eigenvalue weighted by Crippen LogP contribution is -1.95. The first-order valence-electron chi connectivity index (χ1n) is 4.34. The Bertz CT molecular complexity index is 377. The molecular weight excluding hydrogens is 179 g/mol. The molecule has 1 aromatic rings. The molecule has 0 saturated heterocycles. The Morgan fingerprint density at radius 2 is 2.29 bits per heavy atom. The highest BCUT2D eigenvalue weighted by molar-refractivity contribution is 5.51. The standard InChI is InChI=1S/C11H11FN2/c12-11-7-9(3-1-2-6-13)4-5-10(11)8-14/h1,3-5,7H,2,6,13H2. The highest BCUT2D eigenvalue weighted by atomic mass is 19.1. The van der Waals surface area contributed by atoms with Crippen molar-refractivity contribution in [2.45, 2.75) is 6.42 Å². The Kier molecular flexibility index (Phi) is 3.84. The van der Waals surface area contributed by atoms with Crippen LogP contribution in [0.25, 0.3) is 6.08 Å². The molecule has 0 unspecified atom stereocenters. The first-order chi connectivity index (χ1) is 6.77. The van der Waals surface area contributed by atoms with Gasteiger partial charge in [0, 0.05) is 0 Å². The highest BCUT2D eigenvalue weighted by Gasteiger charge is 1.99. The Labute approximate surface area is 82.5 Å². The van der Waals surface area contributed by atoms with E-state index in [1.807, 2.05) is 6.08 Å². The number of hydrogen-bond donors (Lipinski definition) is 1. The fourth-order valence-electron chi connectivity index (χ4n) is 1.04. The lowest BCUT2D eigenvalue weighted by molar-refractivity contribution is 0.623. The molecule has 0 radical (unpaired) electrons. The van der Waals surface area contributed by atoms with E-state index in [4.69, 9.17) is 11.0 Å². The Balaban J connectivity index is 2.82. The smallest absolute Gasteiger partial charge is 0.141 e. The topological polar surface area (TPSA) is 49.8 Å². The van der Waals surface area contributed by atoms with Crippen molar-refractivity contribution in [3.05, 3.63) is 41.2 Å². The largest absolute Gasteiger partial charge is 0.330 e. The van der Waals surface area contributed by atoms with Gasteiger partial charge in [0.25, 0.3) is 0 Å². The van der Waals surface area contributed by atoms with E-state index in [1.165, 1.54) is 12.1 Å². The minimum Gasteiger partial charge on any atom is -0.330 e. The fraction of sp³-hybridized carbons (Fsp3) is 0.182. The van der Waals surface area contributed by atoms with Gasteiger partial charge in [0.2, 0.25) is 0 Å². The average molecular weight is 190 g/mol. The summed E-state index contributed by atoms with van der Waals surface area (Å²) in [4.78, 5) is 0. The van der Waals surface area contributed by atoms with Crippen molar-refractivity contribution in [1.29, 1.82) is 5.26 Å². The lowest BCUT2D eigenvalue weighted by Gasteiger charge is -1.95. The van der Waals surface area contributed by atoms with E-state index < -0.39 is 5.82 Å². The zero-order valence-electron chi connectivity index (χ0n) is 7.70. The van der Waals surface area contributed by atoms with Crippen LogP contribution >= 0.6 is 0 Å². The average Bonchev–Trinajstić information content (AvgIpc) is 2.18. The Morgan fingerprint density at radius 1 is 1.50 bits per heavy atom. The van der Waals surface area contributed by atoms with Gasteiger partial charge in [-0.15, -0.1) is 0 Å². The predicted molar refractivity (Wildman–Crippen MR) is 53.8 cm³/mol. The van der Waals surface area contributed by atoms with Gasteiger partial charge < -0.3 is 5.73 Å². The van der Waals surface area contributed by atoms with Crippen LogP contribution in [0, 0.1) is 17.1 Å². The molecule has 0 aromatic heterocycles. The van der Waals surface area contributed by atoms with E-state index in [2.05, 4.69) is 0 Å². The van der Waals surface area contributed by atoms with E-state index in [9.17, 15) is 4.39 Å².